The van der Waals surface area contributed by atoms with Crippen LogP contribution in [-0.4, -0.2) is 64.6 Å². The summed E-state index contributed by atoms with van der Waals surface area (Å²) in [7, 11) is 0. The van der Waals surface area contributed by atoms with Crippen molar-refractivity contribution in [2.24, 2.45) is 23.3 Å². The summed E-state index contributed by atoms with van der Waals surface area (Å²) >= 11 is 4.05. The Morgan fingerprint density at radius 3 is 1.77 bits per heavy atom. The summed E-state index contributed by atoms with van der Waals surface area (Å²) in [5, 5.41) is 16.9. The normalized spacial score (nSPS) is 16.7. The molecule has 0 aliphatic heterocycles. The summed E-state index contributed by atoms with van der Waals surface area (Å²) in [4.78, 5) is 60.0. The molecule has 0 aromatic heterocycles. The molecule has 0 aromatic rings. The third-order valence-corrected chi connectivity index (χ3v) is 5.51. The molecule has 31 heavy (non-hydrogen) atoms. The van der Waals surface area contributed by atoms with E-state index in [1.807, 2.05) is 13.8 Å². The predicted octanol–water partition coefficient (Wildman–Crippen LogP) is -1.25. The largest absolute Gasteiger partial charge is 0.480 e. The molecule has 0 saturated heterocycles. The van der Waals surface area contributed by atoms with Crippen molar-refractivity contribution in [3.8, 4) is 0 Å². The molecule has 4 amide bonds. The Bertz CT molecular complexity index is 662. The SMILES string of the molecule is CCC(C)C(NC(=O)C(NC(=O)C(CS)NC(=O)C(N)CC(N)=O)C(C)CC)C(=O)O. The number of thiol groups is 1. The van der Waals surface area contributed by atoms with Crippen molar-refractivity contribution in [2.45, 2.75) is 71.1 Å². The number of nitrogens with two attached hydrogens (primary N) is 2. The van der Waals surface area contributed by atoms with Crippen LogP contribution < -0.4 is 27.4 Å². The van der Waals surface area contributed by atoms with Gasteiger partial charge in [-0.25, -0.2) is 4.79 Å². The van der Waals surface area contributed by atoms with Crippen LogP contribution in [0.25, 0.3) is 0 Å². The molecule has 6 atom stereocenters. The quantitative estimate of drug-likeness (QED) is 0.157. The van der Waals surface area contributed by atoms with E-state index in [2.05, 4.69) is 28.6 Å². The van der Waals surface area contributed by atoms with Gasteiger partial charge in [-0.3, -0.25) is 19.2 Å². The van der Waals surface area contributed by atoms with Gasteiger partial charge < -0.3 is 32.5 Å². The maximum atomic E-state index is 12.8. The van der Waals surface area contributed by atoms with Crippen LogP contribution in [0.15, 0.2) is 0 Å². The van der Waals surface area contributed by atoms with Crippen LogP contribution in [0.2, 0.25) is 0 Å². The molecule has 0 spiro atoms. The second kappa shape index (κ2) is 13.9. The molecule has 0 bridgehead atoms. The Hall–Kier alpha value is -2.34. The van der Waals surface area contributed by atoms with Gasteiger partial charge >= 0.3 is 5.97 Å². The monoisotopic (exact) mass is 461 g/mol. The van der Waals surface area contributed by atoms with Crippen molar-refractivity contribution in [2.75, 3.05) is 5.75 Å². The Morgan fingerprint density at radius 1 is 0.871 bits per heavy atom. The van der Waals surface area contributed by atoms with Crippen LogP contribution in [0.5, 0.6) is 0 Å². The van der Waals surface area contributed by atoms with Crippen LogP contribution in [0.1, 0.15) is 47.0 Å². The smallest absolute Gasteiger partial charge is 0.326 e. The Kier molecular flexibility index (Phi) is 12.8. The van der Waals surface area contributed by atoms with E-state index < -0.39 is 60.2 Å². The van der Waals surface area contributed by atoms with E-state index in [4.69, 9.17) is 11.5 Å². The summed E-state index contributed by atoms with van der Waals surface area (Å²) in [6.07, 6.45) is 0.675. The van der Waals surface area contributed by atoms with Crippen molar-refractivity contribution in [1.29, 1.82) is 0 Å². The molecule has 178 valence electrons. The molecule has 0 aliphatic rings. The number of carboxylic acid groups (broad SMARTS) is 1. The lowest BCUT2D eigenvalue weighted by atomic mass is 9.95. The van der Waals surface area contributed by atoms with Crippen LogP contribution in [-0.2, 0) is 24.0 Å². The average Bonchev–Trinajstić information content (AvgIpc) is 2.71. The molecular weight excluding hydrogens is 426 g/mol. The zero-order chi connectivity index (χ0) is 24.3. The van der Waals surface area contributed by atoms with Gasteiger partial charge in [0, 0.05) is 5.75 Å². The topological polar surface area (TPSA) is 194 Å². The molecule has 0 fully saturated rings. The highest BCUT2D eigenvalue weighted by Crippen LogP contribution is 2.12. The fraction of sp³-hybridized carbons (Fsp3) is 0.737. The summed E-state index contributed by atoms with van der Waals surface area (Å²) in [5.74, 6) is -4.75. The summed E-state index contributed by atoms with van der Waals surface area (Å²) in [6, 6.07) is -4.48. The molecular formula is C19H35N5O6S. The number of hydrogen-bond donors (Lipinski definition) is 7. The van der Waals surface area contributed by atoms with Gasteiger partial charge in [-0.15, -0.1) is 0 Å². The number of carbonyl (C=O) groups is 5. The maximum Gasteiger partial charge on any atom is 0.326 e. The Morgan fingerprint density at radius 2 is 1.35 bits per heavy atom. The first-order valence-corrected chi connectivity index (χ1v) is 10.8. The van der Waals surface area contributed by atoms with Gasteiger partial charge in [-0.1, -0.05) is 40.5 Å². The number of carboxylic acids is 1. The number of aliphatic carboxylic acids is 1. The standard InChI is InChI=1S/C19H35N5O6S/c1-5-9(3)14(18(28)24-15(19(29)30)10(4)6-2)23-17(27)12(8-31)22-16(26)11(20)7-13(21)25/h9-12,14-15,31H,5-8,20H2,1-4H3,(H2,21,25)(H,22,26)(H,23,27)(H,24,28)(H,29,30). The molecule has 0 heterocycles. The average molecular weight is 462 g/mol. The first kappa shape index (κ1) is 28.7. The first-order chi connectivity index (χ1) is 14.4. The summed E-state index contributed by atoms with van der Waals surface area (Å²) < 4.78 is 0. The van der Waals surface area contributed by atoms with Crippen LogP contribution >= 0.6 is 12.6 Å². The van der Waals surface area contributed by atoms with Crippen molar-refractivity contribution in [3.05, 3.63) is 0 Å². The van der Waals surface area contributed by atoms with E-state index in [-0.39, 0.29) is 17.6 Å². The van der Waals surface area contributed by atoms with E-state index in [1.54, 1.807) is 13.8 Å². The van der Waals surface area contributed by atoms with Crippen LogP contribution in [0.3, 0.4) is 0 Å². The second-order valence-corrected chi connectivity index (χ2v) is 7.97. The van der Waals surface area contributed by atoms with Crippen molar-refractivity contribution in [1.82, 2.24) is 16.0 Å². The Labute approximate surface area is 187 Å². The minimum Gasteiger partial charge on any atom is -0.480 e. The first-order valence-electron chi connectivity index (χ1n) is 10.2. The second-order valence-electron chi connectivity index (χ2n) is 7.60. The maximum absolute atomic E-state index is 12.8. The fourth-order valence-corrected chi connectivity index (χ4v) is 2.92. The minimum absolute atomic E-state index is 0.0969. The molecule has 12 heteroatoms. The van der Waals surface area contributed by atoms with Crippen molar-refractivity contribution in [3.63, 3.8) is 0 Å². The van der Waals surface area contributed by atoms with Gasteiger partial charge in [-0.2, -0.15) is 12.6 Å². The third kappa shape index (κ3) is 9.55. The zero-order valence-corrected chi connectivity index (χ0v) is 19.3. The highest BCUT2D eigenvalue weighted by Gasteiger charge is 2.33. The molecule has 0 aromatic carbocycles. The van der Waals surface area contributed by atoms with E-state index in [0.717, 1.165) is 0 Å². The van der Waals surface area contributed by atoms with E-state index in [0.29, 0.717) is 12.8 Å². The molecule has 6 unspecified atom stereocenters. The van der Waals surface area contributed by atoms with E-state index >= 15 is 0 Å². The highest BCUT2D eigenvalue weighted by molar-refractivity contribution is 7.80. The predicted molar refractivity (Wildman–Crippen MR) is 118 cm³/mol. The number of amides is 4. The number of primary amides is 1. The van der Waals surface area contributed by atoms with Gasteiger partial charge in [-0.05, 0) is 11.8 Å². The van der Waals surface area contributed by atoms with E-state index in [1.165, 1.54) is 0 Å². The van der Waals surface area contributed by atoms with Gasteiger partial charge in [0.05, 0.1) is 12.5 Å². The molecule has 0 radical (unpaired) electrons. The van der Waals surface area contributed by atoms with Crippen molar-refractivity contribution >= 4 is 42.2 Å². The van der Waals surface area contributed by atoms with E-state index in [9.17, 15) is 29.1 Å². The molecule has 11 nitrogen and oxygen atoms in total. The van der Waals surface area contributed by atoms with Crippen LogP contribution in [0.4, 0.5) is 0 Å². The molecule has 0 rings (SSSR count). The van der Waals surface area contributed by atoms with Crippen LogP contribution in [0, 0.1) is 11.8 Å². The lowest BCUT2D eigenvalue weighted by Gasteiger charge is -2.28. The minimum atomic E-state index is -1.23. The molecule has 0 saturated carbocycles. The summed E-state index contributed by atoms with van der Waals surface area (Å²) in [5.41, 5.74) is 10.6. The van der Waals surface area contributed by atoms with Gasteiger partial charge in [0.1, 0.15) is 18.1 Å². The highest BCUT2D eigenvalue weighted by atomic mass is 32.1. The lowest BCUT2D eigenvalue weighted by Crippen LogP contribution is -2.59. The Balaban J connectivity index is 5.37. The number of carbonyl (C=O) groups excluding carboxylic acids is 4. The fourth-order valence-electron chi connectivity index (χ4n) is 2.66. The van der Waals surface area contributed by atoms with Gasteiger partial charge in [0.25, 0.3) is 0 Å². The zero-order valence-electron chi connectivity index (χ0n) is 18.4. The number of rotatable bonds is 14. The molecule has 8 N–H and O–H groups in total. The lowest BCUT2D eigenvalue weighted by molar-refractivity contribution is -0.144. The number of hydrogen-bond acceptors (Lipinski definition) is 7. The van der Waals surface area contributed by atoms with Crippen molar-refractivity contribution < 1.29 is 29.1 Å². The summed E-state index contributed by atoms with van der Waals surface area (Å²) in [6.45, 7) is 7.07. The third-order valence-electron chi connectivity index (χ3n) is 5.14. The van der Waals surface area contributed by atoms with Gasteiger partial charge in [0.2, 0.25) is 23.6 Å². The van der Waals surface area contributed by atoms with Gasteiger partial charge in [0.15, 0.2) is 0 Å². The number of nitrogens with one attached hydrogen (secondary N) is 3. The molecule has 0 aliphatic carbocycles.